The molecule has 2 rings (SSSR count). The van der Waals surface area contributed by atoms with Crippen molar-refractivity contribution in [2.24, 2.45) is 0 Å². The van der Waals surface area contributed by atoms with Crippen molar-refractivity contribution < 1.29 is 4.84 Å². The fourth-order valence-electron chi connectivity index (χ4n) is 1.76. The summed E-state index contributed by atoms with van der Waals surface area (Å²) in [5.74, 6) is 0. The van der Waals surface area contributed by atoms with Gasteiger partial charge in [0.25, 0.3) is 0 Å². The van der Waals surface area contributed by atoms with Crippen LogP contribution in [0.5, 0.6) is 0 Å². The first-order valence-corrected chi connectivity index (χ1v) is 5.83. The zero-order valence-corrected chi connectivity index (χ0v) is 11.4. The second-order valence-corrected chi connectivity index (χ2v) is 4.61. The second kappa shape index (κ2) is 5.33. The minimum atomic E-state index is -0.374. The fourth-order valence-corrected chi connectivity index (χ4v) is 1.76. The van der Waals surface area contributed by atoms with Crippen LogP contribution in [0.15, 0.2) is 29.5 Å². The molecule has 0 N–H and O–H groups in total. The van der Waals surface area contributed by atoms with Gasteiger partial charge >= 0.3 is 5.56 Å². The summed E-state index contributed by atoms with van der Waals surface area (Å²) in [6.07, 6.45) is 2.55. The molecule has 0 spiro atoms. The van der Waals surface area contributed by atoms with Gasteiger partial charge in [0.2, 0.25) is 6.35 Å². The van der Waals surface area contributed by atoms with E-state index in [2.05, 4.69) is 9.97 Å². The van der Waals surface area contributed by atoms with Crippen LogP contribution in [0, 0.1) is 0 Å². The third-order valence-corrected chi connectivity index (χ3v) is 2.58. The Kier molecular flexibility index (Phi) is 3.77. The molecule has 2 aromatic rings. The lowest BCUT2D eigenvalue weighted by Crippen LogP contribution is -2.50. The molecule has 0 aliphatic carbocycles. The first-order valence-electron chi connectivity index (χ1n) is 5.83. The molecule has 7 heteroatoms. The molecule has 0 saturated heterocycles. The molecule has 0 aliphatic heterocycles. The number of hydrogen-bond acceptors (Lipinski definition) is 6. The number of pyridine rings is 1. The van der Waals surface area contributed by atoms with E-state index >= 15 is 0 Å². The van der Waals surface area contributed by atoms with Crippen LogP contribution >= 0.6 is 0 Å². The van der Waals surface area contributed by atoms with E-state index in [4.69, 9.17) is 4.84 Å². The molecule has 0 saturated carbocycles. The largest absolute Gasteiger partial charge is 0.373 e. The van der Waals surface area contributed by atoms with Crippen molar-refractivity contribution in [2.45, 2.75) is 6.35 Å². The summed E-state index contributed by atoms with van der Waals surface area (Å²) in [5.41, 5.74) is 0.527. The van der Waals surface area contributed by atoms with Crippen molar-refractivity contribution in [1.82, 2.24) is 24.5 Å². The predicted molar refractivity (Wildman–Crippen MR) is 71.5 cm³/mol. The van der Waals surface area contributed by atoms with Crippen LogP contribution in [0.3, 0.4) is 0 Å². The van der Waals surface area contributed by atoms with Crippen LogP contribution in [0.25, 0.3) is 11.0 Å². The van der Waals surface area contributed by atoms with E-state index < -0.39 is 0 Å². The van der Waals surface area contributed by atoms with E-state index in [-0.39, 0.29) is 11.9 Å². The van der Waals surface area contributed by atoms with Crippen molar-refractivity contribution in [1.29, 1.82) is 0 Å². The molecule has 0 unspecified atom stereocenters. The summed E-state index contributed by atoms with van der Waals surface area (Å²) >= 11 is 0. The molecule has 0 aromatic carbocycles. The molecule has 0 bridgehead atoms. The number of hydrogen-bond donors (Lipinski definition) is 0. The summed E-state index contributed by atoms with van der Waals surface area (Å²) < 4.78 is 1.11. The van der Waals surface area contributed by atoms with Gasteiger partial charge in [0.05, 0.1) is 5.52 Å². The van der Waals surface area contributed by atoms with Crippen molar-refractivity contribution in [2.75, 3.05) is 28.2 Å². The number of rotatable bonds is 4. The molecule has 19 heavy (non-hydrogen) atoms. The Morgan fingerprint density at radius 1 is 1.21 bits per heavy atom. The quantitative estimate of drug-likeness (QED) is 0.701. The monoisotopic (exact) mass is 263 g/mol. The minimum absolute atomic E-state index is 0.293. The van der Waals surface area contributed by atoms with E-state index in [0.717, 1.165) is 4.73 Å². The Bertz CT molecular complexity index is 615. The highest BCUT2D eigenvalue weighted by Gasteiger charge is 2.17. The maximum absolute atomic E-state index is 12.2. The molecule has 0 aliphatic rings. The molecule has 7 nitrogen and oxygen atoms in total. The van der Waals surface area contributed by atoms with Gasteiger partial charge in [0.1, 0.15) is 6.33 Å². The van der Waals surface area contributed by atoms with Gasteiger partial charge < -0.3 is 4.84 Å². The molecular weight excluding hydrogens is 246 g/mol. The van der Waals surface area contributed by atoms with Gasteiger partial charge in [-0.2, -0.15) is 0 Å². The summed E-state index contributed by atoms with van der Waals surface area (Å²) in [6.45, 7) is 0. The summed E-state index contributed by atoms with van der Waals surface area (Å²) in [7, 11) is 7.45. The van der Waals surface area contributed by atoms with Crippen LogP contribution < -0.4 is 10.4 Å². The Balaban J connectivity index is 2.41. The van der Waals surface area contributed by atoms with Crippen LogP contribution in [-0.2, 0) is 0 Å². The maximum Gasteiger partial charge on any atom is 0.312 e. The van der Waals surface area contributed by atoms with Crippen LogP contribution in [-0.4, -0.2) is 59.0 Å². The number of fused-ring (bicyclic) bond motifs is 1. The van der Waals surface area contributed by atoms with Crippen molar-refractivity contribution >= 4 is 11.0 Å². The van der Waals surface area contributed by atoms with Crippen LogP contribution in [0.1, 0.15) is 0 Å². The van der Waals surface area contributed by atoms with E-state index in [9.17, 15) is 4.79 Å². The Labute approximate surface area is 111 Å². The van der Waals surface area contributed by atoms with Gasteiger partial charge in [-0.1, -0.05) is 0 Å². The summed E-state index contributed by atoms with van der Waals surface area (Å²) in [4.78, 5) is 29.7. The molecular formula is C12H17N5O2. The van der Waals surface area contributed by atoms with Gasteiger partial charge in [-0.05, 0) is 40.3 Å². The highest BCUT2D eigenvalue weighted by Crippen LogP contribution is 2.01. The van der Waals surface area contributed by atoms with Crippen molar-refractivity contribution in [3.63, 3.8) is 0 Å². The van der Waals surface area contributed by atoms with Crippen molar-refractivity contribution in [3.8, 4) is 0 Å². The van der Waals surface area contributed by atoms with Gasteiger partial charge in [-0.25, -0.2) is 9.97 Å². The molecule has 0 amide bonds. The zero-order chi connectivity index (χ0) is 14.0. The van der Waals surface area contributed by atoms with E-state index in [1.54, 1.807) is 18.3 Å². The average molecular weight is 263 g/mol. The molecule has 0 atom stereocenters. The highest BCUT2D eigenvalue weighted by atomic mass is 16.7. The van der Waals surface area contributed by atoms with E-state index in [1.165, 1.54) is 6.33 Å². The summed E-state index contributed by atoms with van der Waals surface area (Å²) in [5, 5.41) is 0. The lowest BCUT2D eigenvalue weighted by molar-refractivity contribution is -0.125. The van der Waals surface area contributed by atoms with Crippen molar-refractivity contribution in [3.05, 3.63) is 35.0 Å². The second-order valence-electron chi connectivity index (χ2n) is 4.61. The maximum atomic E-state index is 12.2. The van der Waals surface area contributed by atoms with E-state index in [0.29, 0.717) is 11.0 Å². The van der Waals surface area contributed by atoms with E-state index in [1.807, 2.05) is 38.0 Å². The van der Waals surface area contributed by atoms with Gasteiger partial charge in [0.15, 0.2) is 5.52 Å². The molecule has 2 aromatic heterocycles. The number of aromatic nitrogens is 3. The molecule has 2 heterocycles. The molecule has 0 radical (unpaired) electrons. The normalized spacial score (nSPS) is 11.7. The first kappa shape index (κ1) is 13.4. The highest BCUT2D eigenvalue weighted by molar-refractivity contribution is 5.71. The Morgan fingerprint density at radius 3 is 2.53 bits per heavy atom. The SMILES string of the molecule is CN(C)C(On1cnc2cccnc2c1=O)N(C)C. The third kappa shape index (κ3) is 2.72. The third-order valence-electron chi connectivity index (χ3n) is 2.58. The summed E-state index contributed by atoms with van der Waals surface area (Å²) in [6, 6.07) is 3.48. The predicted octanol–water partition coefficient (Wildman–Crippen LogP) is -0.373. The topological polar surface area (TPSA) is 63.5 Å². The standard InChI is InChI=1S/C12H17N5O2/c1-15(2)12(16(3)4)19-17-8-14-9-6-5-7-13-10(9)11(17)18/h5-8,12H,1-4H3. The molecule has 102 valence electrons. The average Bonchev–Trinajstić information content (AvgIpc) is 2.37. The smallest absolute Gasteiger partial charge is 0.312 e. The van der Waals surface area contributed by atoms with Gasteiger partial charge in [-0.3, -0.25) is 14.6 Å². The zero-order valence-electron chi connectivity index (χ0n) is 11.4. The lowest BCUT2D eigenvalue weighted by Gasteiger charge is -2.29. The Hall–Kier alpha value is -1.99. The first-order chi connectivity index (χ1) is 9.00. The number of nitrogens with zero attached hydrogens (tertiary/aromatic N) is 5. The van der Waals surface area contributed by atoms with Crippen LogP contribution in [0.2, 0.25) is 0 Å². The van der Waals surface area contributed by atoms with Gasteiger partial charge in [0, 0.05) is 6.20 Å². The Morgan fingerprint density at radius 2 is 1.89 bits per heavy atom. The van der Waals surface area contributed by atoms with Crippen LogP contribution in [0.4, 0.5) is 0 Å². The van der Waals surface area contributed by atoms with Gasteiger partial charge in [-0.15, -0.1) is 4.73 Å². The minimum Gasteiger partial charge on any atom is -0.373 e. The lowest BCUT2D eigenvalue weighted by atomic mass is 10.4. The molecule has 0 fully saturated rings. The fraction of sp³-hybridized carbons (Fsp3) is 0.417.